The van der Waals surface area contributed by atoms with E-state index in [0.717, 1.165) is 12.8 Å². The molecule has 0 radical (unpaired) electrons. The SMILES string of the molecule is CCCCn1c(SCC(=O)N(c2ccccc2)C2CCS(=O)(=O)C2)n[nH]c1=O. The Kier molecular flexibility index (Phi) is 6.61. The number of hydrogen-bond acceptors (Lipinski definition) is 6. The van der Waals surface area contributed by atoms with Crippen LogP contribution in [0.15, 0.2) is 40.3 Å². The third-order valence-electron chi connectivity index (χ3n) is 4.66. The Balaban J connectivity index is 1.77. The monoisotopic (exact) mass is 424 g/mol. The van der Waals surface area contributed by atoms with Crippen LogP contribution in [0.2, 0.25) is 0 Å². The quantitative estimate of drug-likeness (QED) is 0.647. The number of hydrogen-bond donors (Lipinski definition) is 1. The molecular formula is C18H24N4O4S2. The van der Waals surface area contributed by atoms with Gasteiger partial charge in [-0.25, -0.2) is 18.3 Å². The van der Waals surface area contributed by atoms with Crippen molar-refractivity contribution in [1.29, 1.82) is 0 Å². The maximum atomic E-state index is 13.0. The van der Waals surface area contributed by atoms with E-state index in [2.05, 4.69) is 10.2 Å². The Morgan fingerprint density at radius 3 is 2.75 bits per heavy atom. The minimum absolute atomic E-state index is 0.0259. The lowest BCUT2D eigenvalue weighted by atomic mass is 10.2. The summed E-state index contributed by atoms with van der Waals surface area (Å²) < 4.78 is 25.4. The van der Waals surface area contributed by atoms with Gasteiger partial charge < -0.3 is 4.90 Å². The molecule has 1 saturated heterocycles. The second-order valence-corrected chi connectivity index (χ2v) is 9.93. The van der Waals surface area contributed by atoms with Gasteiger partial charge in [0.05, 0.1) is 23.3 Å². The second-order valence-electron chi connectivity index (χ2n) is 6.76. The number of amides is 1. The van der Waals surface area contributed by atoms with Crippen LogP contribution in [0, 0.1) is 0 Å². The molecule has 1 N–H and O–H groups in total. The Hall–Kier alpha value is -2.07. The highest BCUT2D eigenvalue weighted by Crippen LogP contribution is 2.26. The molecule has 10 heteroatoms. The van der Waals surface area contributed by atoms with Crippen LogP contribution in [0.5, 0.6) is 0 Å². The lowest BCUT2D eigenvalue weighted by molar-refractivity contribution is -0.116. The molecule has 1 aromatic heterocycles. The van der Waals surface area contributed by atoms with Crippen molar-refractivity contribution in [2.45, 2.75) is 43.9 Å². The third-order valence-corrected chi connectivity index (χ3v) is 7.37. The molecule has 0 saturated carbocycles. The average molecular weight is 425 g/mol. The van der Waals surface area contributed by atoms with Gasteiger partial charge >= 0.3 is 5.69 Å². The van der Waals surface area contributed by atoms with E-state index in [1.54, 1.807) is 17.0 Å². The van der Waals surface area contributed by atoms with Crippen LogP contribution in [-0.4, -0.2) is 52.4 Å². The molecule has 0 spiro atoms. The minimum Gasteiger partial charge on any atom is -0.308 e. The molecule has 0 aliphatic carbocycles. The summed E-state index contributed by atoms with van der Waals surface area (Å²) in [7, 11) is -3.13. The normalized spacial score (nSPS) is 18.2. The van der Waals surface area contributed by atoms with Gasteiger partial charge in [0.25, 0.3) is 0 Å². The topological polar surface area (TPSA) is 105 Å². The first-order valence-corrected chi connectivity index (χ1v) is 12.1. The average Bonchev–Trinajstić information content (AvgIpc) is 3.21. The third kappa shape index (κ3) is 4.85. The summed E-state index contributed by atoms with van der Waals surface area (Å²) in [6.45, 7) is 2.58. The van der Waals surface area contributed by atoms with Gasteiger partial charge in [-0.2, -0.15) is 0 Å². The molecule has 2 heterocycles. The van der Waals surface area contributed by atoms with E-state index in [9.17, 15) is 18.0 Å². The number of H-pyrrole nitrogens is 1. The van der Waals surface area contributed by atoms with Crippen molar-refractivity contribution in [3.63, 3.8) is 0 Å². The highest BCUT2D eigenvalue weighted by atomic mass is 32.2. The van der Waals surface area contributed by atoms with Gasteiger partial charge in [0.2, 0.25) is 5.91 Å². The van der Waals surface area contributed by atoms with Crippen molar-refractivity contribution in [3.8, 4) is 0 Å². The van der Waals surface area contributed by atoms with E-state index >= 15 is 0 Å². The number of anilines is 1. The van der Waals surface area contributed by atoms with Gasteiger partial charge in [0.1, 0.15) is 0 Å². The fraction of sp³-hybridized carbons (Fsp3) is 0.500. The minimum atomic E-state index is -3.13. The zero-order chi connectivity index (χ0) is 20.1. The number of rotatable bonds is 8. The van der Waals surface area contributed by atoms with Crippen LogP contribution in [0.25, 0.3) is 0 Å². The van der Waals surface area contributed by atoms with Crippen molar-refractivity contribution in [2.24, 2.45) is 0 Å². The number of para-hydroxylation sites is 1. The molecule has 152 valence electrons. The first-order valence-electron chi connectivity index (χ1n) is 9.27. The molecule has 0 bridgehead atoms. The molecule has 1 fully saturated rings. The Morgan fingerprint density at radius 2 is 2.11 bits per heavy atom. The smallest absolute Gasteiger partial charge is 0.308 e. The zero-order valence-corrected chi connectivity index (χ0v) is 17.3. The molecule has 8 nitrogen and oxygen atoms in total. The molecule has 2 aromatic rings. The molecule has 3 rings (SSSR count). The van der Waals surface area contributed by atoms with Crippen LogP contribution >= 0.6 is 11.8 Å². The predicted molar refractivity (Wildman–Crippen MR) is 109 cm³/mol. The van der Waals surface area contributed by atoms with Crippen LogP contribution in [0.4, 0.5) is 5.69 Å². The number of benzene rings is 1. The molecular weight excluding hydrogens is 400 g/mol. The van der Waals surface area contributed by atoms with Gasteiger partial charge in [-0.3, -0.25) is 9.36 Å². The van der Waals surface area contributed by atoms with E-state index < -0.39 is 9.84 Å². The molecule has 1 aliphatic heterocycles. The number of thioether (sulfide) groups is 1. The first kappa shape index (κ1) is 20.7. The van der Waals surface area contributed by atoms with Gasteiger partial charge in [-0.05, 0) is 25.0 Å². The molecule has 1 aromatic carbocycles. The van der Waals surface area contributed by atoms with E-state index in [4.69, 9.17) is 0 Å². The van der Waals surface area contributed by atoms with Crippen LogP contribution in [0.1, 0.15) is 26.2 Å². The van der Waals surface area contributed by atoms with Crippen molar-refractivity contribution in [2.75, 3.05) is 22.2 Å². The Bertz CT molecular complexity index is 969. The number of carbonyl (C=O) groups excluding carboxylic acids is 1. The summed E-state index contributed by atoms with van der Waals surface area (Å²) in [6.07, 6.45) is 2.22. The van der Waals surface area contributed by atoms with E-state index in [1.807, 2.05) is 25.1 Å². The molecule has 1 unspecified atom stereocenters. The summed E-state index contributed by atoms with van der Waals surface area (Å²) in [5.74, 6) is -0.0583. The fourth-order valence-electron chi connectivity index (χ4n) is 3.25. The Morgan fingerprint density at radius 1 is 1.36 bits per heavy atom. The lowest BCUT2D eigenvalue weighted by Crippen LogP contribution is -2.42. The predicted octanol–water partition coefficient (Wildman–Crippen LogP) is 1.68. The van der Waals surface area contributed by atoms with Gasteiger partial charge in [-0.15, -0.1) is 5.10 Å². The number of sulfone groups is 1. The van der Waals surface area contributed by atoms with E-state index in [-0.39, 0.29) is 34.9 Å². The van der Waals surface area contributed by atoms with Crippen molar-refractivity contribution in [1.82, 2.24) is 14.8 Å². The maximum absolute atomic E-state index is 13.0. The molecule has 1 aliphatic rings. The summed E-state index contributed by atoms with van der Waals surface area (Å²) in [4.78, 5) is 26.5. The van der Waals surface area contributed by atoms with E-state index in [1.165, 1.54) is 16.3 Å². The largest absolute Gasteiger partial charge is 0.343 e. The van der Waals surface area contributed by atoms with Gasteiger partial charge in [0, 0.05) is 12.2 Å². The van der Waals surface area contributed by atoms with Crippen LogP contribution in [0.3, 0.4) is 0 Å². The van der Waals surface area contributed by atoms with Crippen LogP contribution < -0.4 is 10.6 Å². The molecule has 1 amide bonds. The number of nitrogens with one attached hydrogen (secondary N) is 1. The summed E-state index contributed by atoms with van der Waals surface area (Å²) in [5, 5.41) is 6.92. The highest BCUT2D eigenvalue weighted by molar-refractivity contribution is 7.99. The maximum Gasteiger partial charge on any atom is 0.343 e. The lowest BCUT2D eigenvalue weighted by Gasteiger charge is -2.28. The van der Waals surface area contributed by atoms with Gasteiger partial charge in [0.15, 0.2) is 15.0 Å². The molecule has 1 atom stereocenters. The summed E-state index contributed by atoms with van der Waals surface area (Å²) in [6, 6.07) is 8.73. The van der Waals surface area contributed by atoms with Crippen molar-refractivity contribution in [3.05, 3.63) is 40.8 Å². The van der Waals surface area contributed by atoms with Crippen LogP contribution in [-0.2, 0) is 21.2 Å². The first-order chi connectivity index (χ1) is 13.4. The Labute approximate surface area is 168 Å². The fourth-order valence-corrected chi connectivity index (χ4v) is 5.78. The number of carbonyl (C=O) groups is 1. The number of nitrogens with zero attached hydrogens (tertiary/aromatic N) is 3. The summed E-state index contributed by atoms with van der Waals surface area (Å²) in [5.41, 5.74) is 0.394. The van der Waals surface area contributed by atoms with Crippen molar-refractivity contribution < 1.29 is 13.2 Å². The number of unbranched alkanes of at least 4 members (excludes halogenated alkanes) is 1. The second kappa shape index (κ2) is 8.95. The molecule has 28 heavy (non-hydrogen) atoms. The number of aromatic nitrogens is 3. The van der Waals surface area contributed by atoms with Crippen molar-refractivity contribution >= 4 is 33.2 Å². The highest BCUT2D eigenvalue weighted by Gasteiger charge is 2.35. The summed E-state index contributed by atoms with van der Waals surface area (Å²) >= 11 is 1.19. The van der Waals surface area contributed by atoms with Gasteiger partial charge in [-0.1, -0.05) is 43.3 Å². The standard InChI is InChI=1S/C18H24N4O4S2/c1-2-3-10-21-17(24)19-20-18(21)27-12-16(23)22(14-7-5-4-6-8-14)15-9-11-28(25,26)13-15/h4-8,15H,2-3,9-13H2,1H3,(H,19,24). The number of aromatic amines is 1. The zero-order valence-electron chi connectivity index (χ0n) is 15.7. The van der Waals surface area contributed by atoms with E-state index in [0.29, 0.717) is 23.8 Å².